The maximum absolute atomic E-state index is 11.7. The van der Waals surface area contributed by atoms with Crippen LogP contribution in [0.15, 0.2) is 57.7 Å². The first-order valence-corrected chi connectivity index (χ1v) is 6.49. The van der Waals surface area contributed by atoms with E-state index < -0.39 is 5.63 Å². The van der Waals surface area contributed by atoms with Gasteiger partial charge in [0, 0.05) is 23.2 Å². The van der Waals surface area contributed by atoms with Crippen molar-refractivity contribution in [2.75, 3.05) is 12.1 Å². The Morgan fingerprint density at radius 1 is 0.952 bits per heavy atom. The van der Waals surface area contributed by atoms with Crippen LogP contribution >= 0.6 is 0 Å². The standard InChI is InChI=1S/C16H11NO4/c18-16-7-12(17-10-4-2-1-3-5-10)11-6-14-15(20-9-19-14)8-13(11)21-16/h1-8,17H,9H2. The van der Waals surface area contributed by atoms with Crippen molar-refractivity contribution in [3.63, 3.8) is 0 Å². The predicted molar refractivity (Wildman–Crippen MR) is 78.3 cm³/mol. The topological polar surface area (TPSA) is 60.7 Å². The van der Waals surface area contributed by atoms with Gasteiger partial charge in [0.2, 0.25) is 6.79 Å². The number of hydrogen-bond donors (Lipinski definition) is 1. The van der Waals surface area contributed by atoms with Crippen LogP contribution in [0.5, 0.6) is 11.5 Å². The SMILES string of the molecule is O=c1cc(Nc2ccccc2)c2cc3c(cc2o1)OCO3. The first-order chi connectivity index (χ1) is 10.3. The molecule has 0 saturated heterocycles. The summed E-state index contributed by atoms with van der Waals surface area (Å²) in [6, 6.07) is 14.5. The number of anilines is 2. The molecule has 2 aromatic carbocycles. The molecule has 1 aliphatic rings. The minimum atomic E-state index is -0.417. The maximum atomic E-state index is 11.7. The second-order valence-electron chi connectivity index (χ2n) is 4.67. The van der Waals surface area contributed by atoms with E-state index in [1.165, 1.54) is 6.07 Å². The summed E-state index contributed by atoms with van der Waals surface area (Å²) >= 11 is 0. The Balaban J connectivity index is 1.89. The van der Waals surface area contributed by atoms with Crippen molar-refractivity contribution in [1.82, 2.24) is 0 Å². The Morgan fingerprint density at radius 3 is 2.52 bits per heavy atom. The van der Waals surface area contributed by atoms with Crippen LogP contribution < -0.4 is 20.4 Å². The lowest BCUT2D eigenvalue weighted by Crippen LogP contribution is -2.01. The summed E-state index contributed by atoms with van der Waals surface area (Å²) in [6.45, 7) is 0.178. The molecule has 3 aromatic rings. The number of rotatable bonds is 2. The van der Waals surface area contributed by atoms with Gasteiger partial charge in [-0.1, -0.05) is 18.2 Å². The van der Waals surface area contributed by atoms with Gasteiger partial charge in [0.25, 0.3) is 0 Å². The lowest BCUT2D eigenvalue weighted by molar-refractivity contribution is 0.174. The zero-order chi connectivity index (χ0) is 14.2. The van der Waals surface area contributed by atoms with Crippen molar-refractivity contribution < 1.29 is 13.9 Å². The molecule has 0 unspecified atom stereocenters. The van der Waals surface area contributed by atoms with E-state index in [0.29, 0.717) is 22.8 Å². The fourth-order valence-electron chi connectivity index (χ4n) is 2.33. The zero-order valence-corrected chi connectivity index (χ0v) is 11.0. The van der Waals surface area contributed by atoms with Crippen LogP contribution in [-0.4, -0.2) is 6.79 Å². The van der Waals surface area contributed by atoms with Gasteiger partial charge in [-0.2, -0.15) is 0 Å². The van der Waals surface area contributed by atoms with Gasteiger partial charge >= 0.3 is 5.63 Å². The maximum Gasteiger partial charge on any atom is 0.338 e. The number of benzene rings is 2. The van der Waals surface area contributed by atoms with Crippen molar-refractivity contribution in [1.29, 1.82) is 0 Å². The van der Waals surface area contributed by atoms with Gasteiger partial charge in [-0.15, -0.1) is 0 Å². The van der Waals surface area contributed by atoms with Crippen molar-refractivity contribution in [2.45, 2.75) is 0 Å². The fraction of sp³-hybridized carbons (Fsp3) is 0.0625. The number of hydrogen-bond acceptors (Lipinski definition) is 5. The highest BCUT2D eigenvalue weighted by molar-refractivity contribution is 5.93. The normalized spacial score (nSPS) is 12.6. The van der Waals surface area contributed by atoms with Gasteiger partial charge in [0.05, 0.1) is 5.69 Å². The molecule has 0 atom stereocenters. The van der Waals surface area contributed by atoms with Crippen molar-refractivity contribution in [2.24, 2.45) is 0 Å². The van der Waals surface area contributed by atoms with E-state index in [1.807, 2.05) is 36.4 Å². The Morgan fingerprint density at radius 2 is 1.71 bits per heavy atom. The first-order valence-electron chi connectivity index (χ1n) is 6.49. The molecule has 4 rings (SSSR count). The summed E-state index contributed by atoms with van der Waals surface area (Å²) in [4.78, 5) is 11.7. The van der Waals surface area contributed by atoms with Gasteiger partial charge in [0.1, 0.15) is 5.58 Å². The van der Waals surface area contributed by atoms with Crippen LogP contribution in [0, 0.1) is 0 Å². The number of nitrogens with one attached hydrogen (secondary N) is 1. The smallest absolute Gasteiger partial charge is 0.338 e. The molecular formula is C16H11NO4. The van der Waals surface area contributed by atoms with Crippen LogP contribution in [0.1, 0.15) is 0 Å². The molecule has 5 nitrogen and oxygen atoms in total. The van der Waals surface area contributed by atoms with Gasteiger partial charge in [0.15, 0.2) is 11.5 Å². The minimum Gasteiger partial charge on any atom is -0.454 e. The number of fused-ring (bicyclic) bond motifs is 2. The molecule has 21 heavy (non-hydrogen) atoms. The quantitative estimate of drug-likeness (QED) is 0.730. The summed E-state index contributed by atoms with van der Waals surface area (Å²) in [5.41, 5.74) is 1.61. The average molecular weight is 281 g/mol. The van der Waals surface area contributed by atoms with E-state index in [-0.39, 0.29) is 6.79 Å². The van der Waals surface area contributed by atoms with E-state index in [1.54, 1.807) is 6.07 Å². The Hall–Kier alpha value is -2.95. The van der Waals surface area contributed by atoms with E-state index >= 15 is 0 Å². The monoisotopic (exact) mass is 281 g/mol. The summed E-state index contributed by atoms with van der Waals surface area (Å²) in [6.07, 6.45) is 0. The average Bonchev–Trinajstić information content (AvgIpc) is 2.93. The second kappa shape index (κ2) is 4.56. The third-order valence-electron chi connectivity index (χ3n) is 3.29. The van der Waals surface area contributed by atoms with E-state index in [2.05, 4.69) is 5.32 Å². The van der Waals surface area contributed by atoms with Crippen LogP contribution in [-0.2, 0) is 0 Å². The molecule has 1 aliphatic heterocycles. The highest BCUT2D eigenvalue weighted by Crippen LogP contribution is 2.38. The van der Waals surface area contributed by atoms with Crippen molar-refractivity contribution in [3.8, 4) is 11.5 Å². The number of para-hydroxylation sites is 1. The van der Waals surface area contributed by atoms with Crippen LogP contribution in [0.4, 0.5) is 11.4 Å². The third kappa shape index (κ3) is 2.08. The lowest BCUT2D eigenvalue weighted by Gasteiger charge is -2.09. The molecule has 0 radical (unpaired) electrons. The molecule has 104 valence electrons. The highest BCUT2D eigenvalue weighted by atomic mass is 16.7. The molecular weight excluding hydrogens is 270 g/mol. The first kappa shape index (κ1) is 11.8. The summed E-state index contributed by atoms with van der Waals surface area (Å²) in [5, 5.41) is 3.99. The third-order valence-corrected chi connectivity index (χ3v) is 3.29. The highest BCUT2D eigenvalue weighted by Gasteiger charge is 2.17. The van der Waals surface area contributed by atoms with Crippen molar-refractivity contribution >= 4 is 22.3 Å². The molecule has 5 heteroatoms. The van der Waals surface area contributed by atoms with Crippen molar-refractivity contribution in [3.05, 3.63) is 59.0 Å². The van der Waals surface area contributed by atoms with Gasteiger partial charge in [-0.05, 0) is 18.2 Å². The van der Waals surface area contributed by atoms with Gasteiger partial charge in [-0.3, -0.25) is 0 Å². The predicted octanol–water partition coefficient (Wildman–Crippen LogP) is 3.27. The Bertz CT molecular complexity index is 871. The minimum absolute atomic E-state index is 0.178. The fourth-order valence-corrected chi connectivity index (χ4v) is 2.33. The molecule has 0 aliphatic carbocycles. The molecule has 0 saturated carbocycles. The Kier molecular flexibility index (Phi) is 2.57. The van der Waals surface area contributed by atoms with Gasteiger partial charge < -0.3 is 19.2 Å². The van der Waals surface area contributed by atoms with Crippen LogP contribution in [0.2, 0.25) is 0 Å². The second-order valence-corrected chi connectivity index (χ2v) is 4.67. The van der Waals surface area contributed by atoms with E-state index in [4.69, 9.17) is 13.9 Å². The largest absolute Gasteiger partial charge is 0.454 e. The number of ether oxygens (including phenoxy) is 2. The Labute approximate surface area is 119 Å². The summed E-state index contributed by atoms with van der Waals surface area (Å²) in [5.74, 6) is 1.23. The zero-order valence-electron chi connectivity index (χ0n) is 11.0. The molecule has 1 N–H and O–H groups in total. The van der Waals surface area contributed by atoms with Crippen LogP contribution in [0.25, 0.3) is 11.0 Å². The molecule has 0 spiro atoms. The van der Waals surface area contributed by atoms with Gasteiger partial charge in [-0.25, -0.2) is 4.79 Å². The molecule has 1 aromatic heterocycles. The molecule has 0 amide bonds. The molecule has 0 bridgehead atoms. The van der Waals surface area contributed by atoms with Crippen LogP contribution in [0.3, 0.4) is 0 Å². The summed E-state index contributed by atoms with van der Waals surface area (Å²) in [7, 11) is 0. The molecule has 0 fully saturated rings. The lowest BCUT2D eigenvalue weighted by atomic mass is 10.1. The molecule has 2 heterocycles. The van der Waals surface area contributed by atoms with E-state index in [0.717, 1.165) is 11.1 Å². The van der Waals surface area contributed by atoms with E-state index in [9.17, 15) is 4.79 Å². The summed E-state index contributed by atoms with van der Waals surface area (Å²) < 4.78 is 15.9.